The van der Waals surface area contributed by atoms with Gasteiger partial charge < -0.3 is 15.4 Å². The Kier molecular flexibility index (Phi) is 5.90. The van der Waals surface area contributed by atoms with E-state index in [2.05, 4.69) is 34.7 Å². The van der Waals surface area contributed by atoms with E-state index in [-0.39, 0.29) is 0 Å². The summed E-state index contributed by atoms with van der Waals surface area (Å²) in [5.74, 6) is 2.22. The van der Waals surface area contributed by atoms with E-state index < -0.39 is 0 Å². The Morgan fingerprint density at radius 3 is 2.71 bits per heavy atom. The second-order valence-corrected chi connectivity index (χ2v) is 5.72. The molecule has 116 valence electrons. The number of nitrogens with zero attached hydrogens (tertiary/aromatic N) is 1. The first-order valence-corrected chi connectivity index (χ1v) is 7.84. The smallest absolute Gasteiger partial charge is 0.191 e. The molecule has 1 saturated carbocycles. The van der Waals surface area contributed by atoms with Gasteiger partial charge in [0, 0.05) is 25.6 Å². The van der Waals surface area contributed by atoms with Crippen LogP contribution in [-0.2, 0) is 0 Å². The van der Waals surface area contributed by atoms with Gasteiger partial charge in [0.1, 0.15) is 5.75 Å². The molecule has 21 heavy (non-hydrogen) atoms. The van der Waals surface area contributed by atoms with E-state index in [9.17, 15) is 0 Å². The van der Waals surface area contributed by atoms with Gasteiger partial charge in [0.25, 0.3) is 0 Å². The Bertz CT molecular complexity index is 467. The van der Waals surface area contributed by atoms with Gasteiger partial charge in [-0.3, -0.25) is 4.99 Å². The Morgan fingerprint density at radius 2 is 2.05 bits per heavy atom. The van der Waals surface area contributed by atoms with E-state index in [0.29, 0.717) is 12.0 Å². The van der Waals surface area contributed by atoms with Gasteiger partial charge in [-0.05, 0) is 24.5 Å². The molecule has 0 radical (unpaired) electrons. The van der Waals surface area contributed by atoms with E-state index in [1.165, 1.54) is 31.2 Å². The monoisotopic (exact) mass is 289 g/mol. The van der Waals surface area contributed by atoms with Gasteiger partial charge >= 0.3 is 0 Å². The third-order valence-electron chi connectivity index (χ3n) is 4.17. The van der Waals surface area contributed by atoms with Crippen LogP contribution in [0.5, 0.6) is 5.75 Å². The molecule has 4 heteroatoms. The maximum absolute atomic E-state index is 5.43. The lowest BCUT2D eigenvalue weighted by Gasteiger charge is -2.20. The van der Waals surface area contributed by atoms with Crippen molar-refractivity contribution in [1.29, 1.82) is 0 Å². The van der Waals surface area contributed by atoms with Gasteiger partial charge in [0.05, 0.1) is 7.11 Å². The topological polar surface area (TPSA) is 45.7 Å². The summed E-state index contributed by atoms with van der Waals surface area (Å²) < 4.78 is 5.43. The molecule has 0 spiro atoms. The quantitative estimate of drug-likeness (QED) is 0.647. The molecule has 1 atom stereocenters. The summed E-state index contributed by atoms with van der Waals surface area (Å²) >= 11 is 0. The van der Waals surface area contributed by atoms with Crippen molar-refractivity contribution in [2.75, 3.05) is 20.7 Å². The molecule has 1 aromatic rings. The van der Waals surface area contributed by atoms with Crippen molar-refractivity contribution in [2.24, 2.45) is 4.99 Å². The second kappa shape index (κ2) is 7.91. The Labute approximate surface area is 128 Å². The zero-order valence-corrected chi connectivity index (χ0v) is 13.4. The average molecular weight is 289 g/mol. The predicted octanol–water partition coefficient (Wildman–Crippen LogP) is 2.91. The van der Waals surface area contributed by atoms with E-state index in [1.54, 1.807) is 7.11 Å². The van der Waals surface area contributed by atoms with Crippen LogP contribution in [0.2, 0.25) is 0 Å². The lowest BCUT2D eigenvalue weighted by molar-refractivity contribution is 0.406. The predicted molar refractivity (Wildman–Crippen MR) is 88.2 cm³/mol. The number of nitrogens with one attached hydrogen (secondary N) is 2. The fourth-order valence-electron chi connectivity index (χ4n) is 2.89. The summed E-state index contributed by atoms with van der Waals surface area (Å²) in [4.78, 5) is 4.32. The zero-order valence-electron chi connectivity index (χ0n) is 13.4. The molecule has 0 aliphatic heterocycles. The number of para-hydroxylation sites is 1. The third kappa shape index (κ3) is 4.38. The van der Waals surface area contributed by atoms with Crippen molar-refractivity contribution < 1.29 is 4.74 Å². The van der Waals surface area contributed by atoms with Crippen LogP contribution in [0, 0.1) is 0 Å². The Balaban J connectivity index is 1.88. The maximum Gasteiger partial charge on any atom is 0.191 e. The van der Waals surface area contributed by atoms with Gasteiger partial charge in [0.2, 0.25) is 0 Å². The molecule has 2 N–H and O–H groups in total. The molecule has 1 aliphatic rings. The van der Waals surface area contributed by atoms with Crippen molar-refractivity contribution >= 4 is 5.96 Å². The highest BCUT2D eigenvalue weighted by Gasteiger charge is 2.17. The molecule has 0 amide bonds. The number of aliphatic imine (C=N–C) groups is 1. The molecule has 0 heterocycles. The molecule has 0 saturated heterocycles. The SMILES string of the molecule is CN=C(NCC(C)c1ccccc1OC)NC1CCCC1. The first kappa shape index (κ1) is 15.7. The standard InChI is InChI=1S/C17H27N3O/c1-13(15-10-6-7-11-16(15)21-3)12-19-17(18-2)20-14-8-4-5-9-14/h6-7,10-11,13-14H,4-5,8-9,12H2,1-3H3,(H2,18,19,20). The number of methoxy groups -OCH3 is 1. The third-order valence-corrected chi connectivity index (χ3v) is 4.17. The molecular formula is C17H27N3O. The van der Waals surface area contributed by atoms with Crippen LogP contribution in [0.25, 0.3) is 0 Å². The largest absolute Gasteiger partial charge is 0.496 e. The zero-order chi connectivity index (χ0) is 15.1. The van der Waals surface area contributed by atoms with Crippen LogP contribution in [0.3, 0.4) is 0 Å². The molecule has 0 bridgehead atoms. The van der Waals surface area contributed by atoms with E-state index in [4.69, 9.17) is 4.74 Å². The van der Waals surface area contributed by atoms with Crippen molar-refractivity contribution in [3.8, 4) is 5.75 Å². The number of guanidine groups is 1. The summed E-state index contributed by atoms with van der Waals surface area (Å²) in [6, 6.07) is 8.77. The average Bonchev–Trinajstić information content (AvgIpc) is 3.04. The highest BCUT2D eigenvalue weighted by atomic mass is 16.5. The molecule has 1 aromatic carbocycles. The van der Waals surface area contributed by atoms with Gasteiger partial charge in [0.15, 0.2) is 5.96 Å². The second-order valence-electron chi connectivity index (χ2n) is 5.72. The minimum Gasteiger partial charge on any atom is -0.496 e. The lowest BCUT2D eigenvalue weighted by Crippen LogP contribution is -2.43. The molecule has 2 rings (SSSR count). The van der Waals surface area contributed by atoms with Crippen molar-refractivity contribution in [3.05, 3.63) is 29.8 Å². The Hall–Kier alpha value is -1.71. The number of hydrogen-bond donors (Lipinski definition) is 2. The molecule has 4 nitrogen and oxygen atoms in total. The van der Waals surface area contributed by atoms with Crippen molar-refractivity contribution in [2.45, 2.75) is 44.6 Å². The van der Waals surface area contributed by atoms with E-state index >= 15 is 0 Å². The molecule has 1 fully saturated rings. The minimum absolute atomic E-state index is 0.364. The number of rotatable bonds is 5. The van der Waals surface area contributed by atoms with Gasteiger partial charge in [-0.25, -0.2) is 0 Å². The summed E-state index contributed by atoms with van der Waals surface area (Å²) in [5, 5.41) is 6.94. The van der Waals surface area contributed by atoms with E-state index in [0.717, 1.165) is 18.3 Å². The number of benzene rings is 1. The van der Waals surface area contributed by atoms with Crippen molar-refractivity contribution in [3.63, 3.8) is 0 Å². The molecular weight excluding hydrogens is 262 g/mol. The summed E-state index contributed by atoms with van der Waals surface area (Å²) in [5.41, 5.74) is 1.23. The number of hydrogen-bond acceptors (Lipinski definition) is 2. The van der Waals surface area contributed by atoms with Gasteiger partial charge in [-0.2, -0.15) is 0 Å². The van der Waals surface area contributed by atoms with Gasteiger partial charge in [-0.15, -0.1) is 0 Å². The maximum atomic E-state index is 5.43. The van der Waals surface area contributed by atoms with Crippen LogP contribution in [-0.4, -0.2) is 32.7 Å². The highest BCUT2D eigenvalue weighted by Crippen LogP contribution is 2.25. The van der Waals surface area contributed by atoms with E-state index in [1.807, 2.05) is 19.2 Å². The van der Waals surface area contributed by atoms with Crippen LogP contribution in [0.4, 0.5) is 0 Å². The summed E-state index contributed by atoms with van der Waals surface area (Å²) in [6.45, 7) is 3.04. The van der Waals surface area contributed by atoms with Crippen LogP contribution >= 0.6 is 0 Å². The molecule has 1 aliphatic carbocycles. The summed E-state index contributed by atoms with van der Waals surface area (Å²) in [7, 11) is 3.55. The van der Waals surface area contributed by atoms with Crippen LogP contribution < -0.4 is 15.4 Å². The van der Waals surface area contributed by atoms with Crippen molar-refractivity contribution in [1.82, 2.24) is 10.6 Å². The molecule has 1 unspecified atom stereocenters. The first-order chi connectivity index (χ1) is 10.2. The first-order valence-electron chi connectivity index (χ1n) is 7.84. The fraction of sp³-hybridized carbons (Fsp3) is 0.588. The number of ether oxygens (including phenoxy) is 1. The van der Waals surface area contributed by atoms with Crippen LogP contribution in [0.1, 0.15) is 44.1 Å². The molecule has 0 aromatic heterocycles. The normalized spacial score (nSPS) is 17.6. The van der Waals surface area contributed by atoms with Crippen LogP contribution in [0.15, 0.2) is 29.3 Å². The lowest BCUT2D eigenvalue weighted by atomic mass is 10.0. The highest BCUT2D eigenvalue weighted by molar-refractivity contribution is 5.80. The fourth-order valence-corrected chi connectivity index (χ4v) is 2.89. The minimum atomic E-state index is 0.364. The Morgan fingerprint density at radius 1 is 1.33 bits per heavy atom. The van der Waals surface area contributed by atoms with Gasteiger partial charge in [-0.1, -0.05) is 38.0 Å². The summed E-state index contributed by atoms with van der Waals surface area (Å²) in [6.07, 6.45) is 5.16.